The number of benzene rings is 2. The molecule has 0 unspecified atom stereocenters. The second-order valence-electron chi connectivity index (χ2n) is 5.09. The zero-order valence-electron chi connectivity index (χ0n) is 18.1. The van der Waals surface area contributed by atoms with Crippen molar-refractivity contribution in [2.75, 3.05) is 14.1 Å². The molecular weight excluding hydrogens is 302 g/mol. The van der Waals surface area contributed by atoms with Crippen LogP contribution in [0.4, 0.5) is 0 Å². The topological polar surface area (TPSA) is 63.9 Å². The van der Waals surface area contributed by atoms with Gasteiger partial charge in [0.15, 0.2) is 11.6 Å². The van der Waals surface area contributed by atoms with Crippen molar-refractivity contribution in [3.63, 3.8) is 0 Å². The van der Waals surface area contributed by atoms with E-state index < -0.39 is 41.6 Å². The van der Waals surface area contributed by atoms with Gasteiger partial charge in [0, 0.05) is 25.9 Å². The van der Waals surface area contributed by atoms with Gasteiger partial charge in [-0.3, -0.25) is 4.79 Å². The van der Waals surface area contributed by atoms with Crippen molar-refractivity contribution in [3.8, 4) is 5.69 Å². The van der Waals surface area contributed by atoms with Gasteiger partial charge in [0.05, 0.1) is 18.1 Å². The maximum Gasteiger partial charge on any atom is 0.198 e. The van der Waals surface area contributed by atoms with Crippen molar-refractivity contribution in [3.05, 3.63) is 78.1 Å². The molecule has 6 heteroatoms. The van der Waals surface area contributed by atoms with Crippen molar-refractivity contribution in [2.24, 2.45) is 0 Å². The van der Waals surface area contributed by atoms with Crippen LogP contribution in [0.15, 0.2) is 66.7 Å². The first kappa shape index (κ1) is 10.5. The summed E-state index contributed by atoms with van der Waals surface area (Å²) in [6.07, 6.45) is 1.45. The Morgan fingerprint density at radius 3 is 2.54 bits per heavy atom. The van der Waals surface area contributed by atoms with E-state index in [0.717, 1.165) is 0 Å². The smallest absolute Gasteiger partial charge is 0.198 e. The van der Waals surface area contributed by atoms with Crippen LogP contribution in [0, 0.1) is 0 Å². The lowest BCUT2D eigenvalue weighted by Gasteiger charge is -2.11. The van der Waals surface area contributed by atoms with Crippen LogP contribution in [0.25, 0.3) is 11.3 Å². The van der Waals surface area contributed by atoms with E-state index >= 15 is 0 Å². The quantitative estimate of drug-likeness (QED) is 0.533. The summed E-state index contributed by atoms with van der Waals surface area (Å²) < 4.78 is 40.9. The van der Waals surface area contributed by atoms with Gasteiger partial charge in [-0.05, 0) is 22.6 Å². The van der Waals surface area contributed by atoms with Crippen LogP contribution in [0.1, 0.15) is 23.0 Å². The molecule has 0 atom stereocenters. The molecule has 2 aromatic carbocycles. The summed E-state index contributed by atoms with van der Waals surface area (Å²) in [5.74, 6) is -0.690. The second kappa shape index (κ2) is 6.87. The molecule has 0 fully saturated rings. The molecule has 1 heterocycles. The number of rotatable bonds is 5. The van der Waals surface area contributed by atoms with E-state index in [1.165, 1.54) is 10.9 Å². The van der Waals surface area contributed by atoms with Crippen LogP contribution in [0.3, 0.4) is 0 Å². The van der Waals surface area contributed by atoms with Gasteiger partial charge in [0.2, 0.25) is 0 Å². The molecule has 1 aromatic heterocycles. The number of para-hydroxylation sites is 1. The van der Waals surface area contributed by atoms with Gasteiger partial charge in [-0.25, -0.2) is 0 Å². The van der Waals surface area contributed by atoms with Crippen molar-refractivity contribution in [1.82, 2.24) is 25.1 Å². The molecule has 0 aliphatic heterocycles. The molecule has 3 rings (SSSR count). The summed E-state index contributed by atoms with van der Waals surface area (Å²) in [7, 11) is 3.37. The summed E-state index contributed by atoms with van der Waals surface area (Å²) in [6, 6.07) is 6.01. The van der Waals surface area contributed by atoms with Crippen molar-refractivity contribution >= 4 is 11.4 Å². The third-order valence-corrected chi connectivity index (χ3v) is 3.07. The number of hydrogen-bond donors (Lipinski definition) is 0. The molecule has 0 aliphatic rings. The van der Waals surface area contributed by atoms with E-state index in [4.69, 9.17) is 6.85 Å². The van der Waals surface area contributed by atoms with Gasteiger partial charge < -0.3 is 4.90 Å². The van der Waals surface area contributed by atoms with Crippen LogP contribution in [0.5, 0.6) is 0 Å². The molecule has 24 heavy (non-hydrogen) atoms. The first-order chi connectivity index (χ1) is 13.7. The van der Waals surface area contributed by atoms with Crippen LogP contribution in [-0.4, -0.2) is 45.0 Å². The highest BCUT2D eigenvalue weighted by Crippen LogP contribution is 2.20. The highest BCUT2D eigenvalue weighted by atomic mass is 16.1. The molecule has 6 nitrogen and oxygen atoms in total. The lowest BCUT2D eigenvalue weighted by molar-refractivity contribution is 0.105. The Morgan fingerprint density at radius 2 is 1.88 bits per heavy atom. The fraction of sp³-hybridized carbons (Fsp3) is 0.111. The summed E-state index contributed by atoms with van der Waals surface area (Å²) in [5, 5.41) is 11.5. The van der Waals surface area contributed by atoms with Crippen LogP contribution < -0.4 is 0 Å². The molecule has 0 amide bonds. The summed E-state index contributed by atoms with van der Waals surface area (Å²) >= 11 is 0. The van der Waals surface area contributed by atoms with Gasteiger partial charge >= 0.3 is 0 Å². The first-order valence-electron chi connectivity index (χ1n) is 9.58. The maximum absolute atomic E-state index is 13.3. The summed E-state index contributed by atoms with van der Waals surface area (Å²) in [5.41, 5.74) is 0.153. The number of hydrogen-bond acceptors (Lipinski definition) is 5. The van der Waals surface area contributed by atoms with E-state index in [1.54, 1.807) is 43.3 Å². The Hall–Kier alpha value is -3.28. The van der Waals surface area contributed by atoms with Gasteiger partial charge in [-0.1, -0.05) is 48.4 Å². The van der Waals surface area contributed by atoms with Crippen molar-refractivity contribution < 1.29 is 11.6 Å². The fourth-order valence-corrected chi connectivity index (χ4v) is 2.07. The third kappa shape index (κ3) is 3.22. The van der Waals surface area contributed by atoms with E-state index in [-0.39, 0.29) is 11.4 Å². The van der Waals surface area contributed by atoms with Crippen LogP contribution in [0.2, 0.25) is 0 Å². The maximum atomic E-state index is 13.3. The summed E-state index contributed by atoms with van der Waals surface area (Å²) in [4.78, 5) is 14.9. The molecule has 0 spiro atoms. The van der Waals surface area contributed by atoms with E-state index in [9.17, 15) is 4.79 Å². The molecule has 0 aliphatic carbocycles. The van der Waals surface area contributed by atoms with Crippen LogP contribution in [-0.2, 0) is 0 Å². The number of aromatic nitrogens is 4. The standard InChI is InChI=1S/C18H17N5O/c1-22(2)13-16(17(24)14-9-5-3-6-10-14)18-19-20-21-23(18)15-11-7-4-8-12-15/h3-13H,1-2H3/b16-13+/i3D,5D,6D,9D,10D. The predicted molar refractivity (Wildman–Crippen MR) is 91.6 cm³/mol. The SMILES string of the molecule is [2H]c1c([2H])c([2H])c(C(=O)/C(=C\N(C)C)c2nnnn2-c2ccccc2)c([2H])c1[2H]. The minimum atomic E-state index is -0.775. The normalized spacial score (nSPS) is 14.2. The largest absolute Gasteiger partial charge is 0.383 e. The molecular formula is C18H17N5O. The van der Waals surface area contributed by atoms with Gasteiger partial charge in [0.25, 0.3) is 0 Å². The number of nitrogens with zero attached hydrogens (tertiary/aromatic N) is 5. The Labute approximate surface area is 147 Å². The highest BCUT2D eigenvalue weighted by Gasteiger charge is 2.21. The third-order valence-electron chi connectivity index (χ3n) is 3.07. The van der Waals surface area contributed by atoms with Crippen molar-refractivity contribution in [2.45, 2.75) is 0 Å². The minimum Gasteiger partial charge on any atom is -0.383 e. The average molecular weight is 324 g/mol. The van der Waals surface area contributed by atoms with Crippen molar-refractivity contribution in [1.29, 1.82) is 0 Å². The first-order valence-corrected chi connectivity index (χ1v) is 7.08. The van der Waals surface area contributed by atoms with E-state index in [2.05, 4.69) is 15.5 Å². The molecule has 120 valence electrons. The molecule has 0 saturated heterocycles. The predicted octanol–water partition coefficient (Wildman–Crippen LogP) is 2.45. The number of allylic oxidation sites excluding steroid dienone is 1. The Kier molecular flexibility index (Phi) is 3.00. The van der Waals surface area contributed by atoms with E-state index in [0.29, 0.717) is 5.69 Å². The van der Waals surface area contributed by atoms with E-state index in [1.807, 2.05) is 6.07 Å². The number of ketones is 1. The number of tetrazole rings is 1. The zero-order chi connectivity index (χ0) is 21.3. The molecule has 0 saturated carbocycles. The molecule has 0 N–H and O–H groups in total. The second-order valence-corrected chi connectivity index (χ2v) is 5.09. The molecule has 0 bridgehead atoms. The van der Waals surface area contributed by atoms with Crippen LogP contribution >= 0.6 is 0 Å². The number of carbonyl (C=O) groups excluding carboxylic acids is 1. The summed E-state index contributed by atoms with van der Waals surface area (Å²) in [6.45, 7) is 0. The average Bonchev–Trinajstić information content (AvgIpc) is 3.19. The number of Topliss-reactive ketones (excluding diaryl/α,β-unsaturated/α-hetero) is 1. The zero-order valence-corrected chi connectivity index (χ0v) is 13.1. The highest BCUT2D eigenvalue weighted by molar-refractivity contribution is 6.28. The fourth-order valence-electron chi connectivity index (χ4n) is 2.07. The minimum absolute atomic E-state index is 0.0117. The Bertz CT molecular complexity index is 1080. The van der Waals surface area contributed by atoms with Gasteiger partial charge in [-0.15, -0.1) is 5.10 Å². The lowest BCUT2D eigenvalue weighted by atomic mass is 10.0. The Morgan fingerprint density at radius 1 is 1.17 bits per heavy atom. The monoisotopic (exact) mass is 324 g/mol. The molecule has 0 radical (unpaired) electrons. The number of carbonyl (C=O) groups is 1. The van der Waals surface area contributed by atoms with Gasteiger partial charge in [0.1, 0.15) is 0 Å². The van der Waals surface area contributed by atoms with Gasteiger partial charge in [-0.2, -0.15) is 4.68 Å². The lowest BCUT2D eigenvalue weighted by Crippen LogP contribution is -2.13. The molecule has 3 aromatic rings. The Balaban J connectivity index is 2.23.